The van der Waals surface area contributed by atoms with E-state index < -0.39 is 5.91 Å². The lowest BCUT2D eigenvalue weighted by Crippen LogP contribution is -2.13. The summed E-state index contributed by atoms with van der Waals surface area (Å²) < 4.78 is 6.10. The summed E-state index contributed by atoms with van der Waals surface area (Å²) in [6.45, 7) is 0. The van der Waals surface area contributed by atoms with Crippen LogP contribution < -0.4 is 10.1 Å². The number of rotatable bonds is 6. The third-order valence-corrected chi connectivity index (χ3v) is 5.47. The summed E-state index contributed by atoms with van der Waals surface area (Å²) in [5.74, 6) is 0.189. The van der Waals surface area contributed by atoms with E-state index in [1.807, 2.05) is 36.4 Å². The topological polar surface area (TPSA) is 62.1 Å². The van der Waals surface area contributed by atoms with Crippen molar-refractivity contribution in [2.24, 2.45) is 0 Å². The minimum atomic E-state index is -0.491. The van der Waals surface area contributed by atoms with Crippen molar-refractivity contribution in [3.05, 3.63) is 98.5 Å². The Morgan fingerprint density at radius 2 is 1.87 bits per heavy atom. The van der Waals surface area contributed by atoms with E-state index in [4.69, 9.17) is 16.3 Å². The van der Waals surface area contributed by atoms with E-state index in [1.165, 1.54) is 0 Å². The van der Waals surface area contributed by atoms with Gasteiger partial charge in [-0.15, -0.1) is 0 Å². The van der Waals surface area contributed by atoms with Gasteiger partial charge < -0.3 is 10.1 Å². The van der Waals surface area contributed by atoms with E-state index in [2.05, 4.69) is 21.2 Å². The Balaban J connectivity index is 1.89. The molecule has 4 nitrogen and oxygen atoms in total. The lowest BCUT2D eigenvalue weighted by atomic mass is 9.98. The number of nitrogens with zero attached hydrogens (tertiary/aromatic N) is 1. The van der Waals surface area contributed by atoms with Crippen molar-refractivity contribution in [3.8, 4) is 11.8 Å². The van der Waals surface area contributed by atoms with Gasteiger partial charge in [0.2, 0.25) is 0 Å². The van der Waals surface area contributed by atoms with Gasteiger partial charge in [-0.1, -0.05) is 51.8 Å². The Hall–Kier alpha value is -3.07. The van der Waals surface area contributed by atoms with Gasteiger partial charge in [0.1, 0.15) is 17.4 Å². The van der Waals surface area contributed by atoms with Gasteiger partial charge in [0, 0.05) is 15.2 Å². The monoisotopic (exact) mass is 480 g/mol. The van der Waals surface area contributed by atoms with Gasteiger partial charge in [0.05, 0.1) is 7.11 Å². The van der Waals surface area contributed by atoms with Crippen LogP contribution in [-0.2, 0) is 11.2 Å². The molecule has 0 spiro atoms. The van der Waals surface area contributed by atoms with Gasteiger partial charge in [-0.25, -0.2) is 0 Å². The summed E-state index contributed by atoms with van der Waals surface area (Å²) in [6, 6.07) is 22.3. The number of anilines is 1. The summed E-state index contributed by atoms with van der Waals surface area (Å²) >= 11 is 9.74. The number of carbonyl (C=O) groups is 1. The molecule has 0 bridgehead atoms. The summed E-state index contributed by atoms with van der Waals surface area (Å²) in [5, 5.41) is 12.8. The maximum Gasteiger partial charge on any atom is 0.266 e. The van der Waals surface area contributed by atoms with Crippen LogP contribution in [0.5, 0.6) is 5.75 Å². The normalized spacial score (nSPS) is 10.9. The minimum absolute atomic E-state index is 0.0125. The molecule has 1 N–H and O–H groups in total. The van der Waals surface area contributed by atoms with Crippen molar-refractivity contribution < 1.29 is 9.53 Å². The average molecular weight is 482 g/mol. The summed E-state index contributed by atoms with van der Waals surface area (Å²) in [4.78, 5) is 12.6. The third kappa shape index (κ3) is 5.50. The number of ether oxygens (including phenoxy) is 1. The molecule has 0 atom stereocenters. The van der Waals surface area contributed by atoms with E-state index >= 15 is 0 Å². The van der Waals surface area contributed by atoms with E-state index in [-0.39, 0.29) is 5.57 Å². The lowest BCUT2D eigenvalue weighted by molar-refractivity contribution is -0.112. The van der Waals surface area contributed by atoms with Gasteiger partial charge in [0.25, 0.3) is 5.91 Å². The molecule has 6 heteroatoms. The van der Waals surface area contributed by atoms with Crippen LogP contribution in [0.15, 0.2) is 76.8 Å². The minimum Gasteiger partial charge on any atom is -0.497 e. The van der Waals surface area contributed by atoms with E-state index in [0.29, 0.717) is 22.9 Å². The second kappa shape index (κ2) is 10.1. The Labute approximate surface area is 188 Å². The van der Waals surface area contributed by atoms with Crippen LogP contribution in [-0.4, -0.2) is 13.0 Å². The van der Waals surface area contributed by atoms with Crippen LogP contribution in [0.1, 0.15) is 16.7 Å². The quantitative estimate of drug-likeness (QED) is 0.334. The standard InChI is InChI=1S/C24H18BrClN2O2/c1-30-22-10-8-21(9-11-22)28-24(29)19(15-27)13-18-14-20(26)7-6-16(18)12-17-4-2-3-5-23(17)25/h2-11,13-14H,12H2,1H3,(H,28,29)/b19-13+. The molecule has 0 aromatic heterocycles. The molecule has 3 aromatic rings. The highest BCUT2D eigenvalue weighted by molar-refractivity contribution is 9.10. The molecule has 0 aliphatic carbocycles. The van der Waals surface area contributed by atoms with Gasteiger partial charge in [0.15, 0.2) is 0 Å². The van der Waals surface area contributed by atoms with Gasteiger partial charge in [-0.05, 0) is 71.7 Å². The Kier molecular flexibility index (Phi) is 7.29. The molecule has 0 saturated carbocycles. The molecule has 3 rings (SSSR count). The molecule has 0 saturated heterocycles. The first-order chi connectivity index (χ1) is 14.5. The van der Waals surface area contributed by atoms with Crippen molar-refractivity contribution in [2.75, 3.05) is 12.4 Å². The molecule has 0 fully saturated rings. The van der Waals surface area contributed by atoms with E-state index in [9.17, 15) is 10.1 Å². The maximum absolute atomic E-state index is 12.6. The van der Waals surface area contributed by atoms with Crippen LogP contribution in [0.4, 0.5) is 5.69 Å². The van der Waals surface area contributed by atoms with Gasteiger partial charge >= 0.3 is 0 Å². The molecule has 1 amide bonds. The third-order valence-electron chi connectivity index (χ3n) is 4.46. The zero-order chi connectivity index (χ0) is 21.5. The summed E-state index contributed by atoms with van der Waals surface area (Å²) in [6.07, 6.45) is 2.19. The number of nitriles is 1. The Morgan fingerprint density at radius 1 is 1.13 bits per heavy atom. The maximum atomic E-state index is 12.6. The number of carbonyl (C=O) groups excluding carboxylic acids is 1. The molecular formula is C24H18BrClN2O2. The zero-order valence-corrected chi connectivity index (χ0v) is 18.5. The largest absolute Gasteiger partial charge is 0.497 e. The second-order valence-corrected chi connectivity index (χ2v) is 7.75. The Morgan fingerprint density at radius 3 is 2.53 bits per heavy atom. The number of hydrogen-bond acceptors (Lipinski definition) is 3. The van der Waals surface area contributed by atoms with Crippen LogP contribution in [0.2, 0.25) is 5.02 Å². The molecule has 0 heterocycles. The summed E-state index contributed by atoms with van der Waals surface area (Å²) in [7, 11) is 1.57. The van der Waals surface area contributed by atoms with Crippen molar-refractivity contribution in [3.63, 3.8) is 0 Å². The fraction of sp³-hybridized carbons (Fsp3) is 0.0833. The van der Waals surface area contributed by atoms with Crippen molar-refractivity contribution >= 4 is 45.2 Å². The molecule has 30 heavy (non-hydrogen) atoms. The van der Waals surface area contributed by atoms with Gasteiger partial charge in [-0.2, -0.15) is 5.26 Å². The van der Waals surface area contributed by atoms with Crippen LogP contribution in [0, 0.1) is 11.3 Å². The molecule has 150 valence electrons. The Bertz CT molecular complexity index is 1130. The van der Waals surface area contributed by atoms with Crippen molar-refractivity contribution in [1.82, 2.24) is 0 Å². The molecule has 0 unspecified atom stereocenters. The smallest absolute Gasteiger partial charge is 0.266 e. The fourth-order valence-corrected chi connectivity index (χ4v) is 3.49. The predicted octanol–water partition coefficient (Wildman–Crippen LogP) is 6.25. The first-order valence-corrected chi connectivity index (χ1v) is 10.3. The SMILES string of the molecule is COc1ccc(NC(=O)/C(C#N)=C/c2cc(Cl)ccc2Cc2ccccc2Br)cc1. The molecule has 0 radical (unpaired) electrons. The predicted molar refractivity (Wildman–Crippen MR) is 124 cm³/mol. The number of amides is 1. The van der Waals surface area contributed by atoms with Crippen LogP contribution in [0.25, 0.3) is 6.08 Å². The van der Waals surface area contributed by atoms with E-state index in [0.717, 1.165) is 21.2 Å². The number of halogens is 2. The van der Waals surface area contributed by atoms with Gasteiger partial charge in [-0.3, -0.25) is 4.79 Å². The summed E-state index contributed by atoms with van der Waals surface area (Å²) in [5.41, 5.74) is 3.33. The highest BCUT2D eigenvalue weighted by Crippen LogP contribution is 2.25. The number of methoxy groups -OCH3 is 1. The first kappa shape index (κ1) is 21.6. The molecule has 0 aliphatic rings. The van der Waals surface area contributed by atoms with Crippen molar-refractivity contribution in [2.45, 2.75) is 6.42 Å². The first-order valence-electron chi connectivity index (χ1n) is 9.09. The van der Waals surface area contributed by atoms with E-state index in [1.54, 1.807) is 49.6 Å². The van der Waals surface area contributed by atoms with Crippen LogP contribution in [0.3, 0.4) is 0 Å². The number of hydrogen-bond donors (Lipinski definition) is 1. The second-order valence-electron chi connectivity index (χ2n) is 6.46. The molecule has 0 aliphatic heterocycles. The number of benzene rings is 3. The van der Waals surface area contributed by atoms with Crippen LogP contribution >= 0.6 is 27.5 Å². The number of nitrogens with one attached hydrogen (secondary N) is 1. The average Bonchev–Trinajstić information content (AvgIpc) is 2.75. The van der Waals surface area contributed by atoms with Crippen molar-refractivity contribution in [1.29, 1.82) is 5.26 Å². The zero-order valence-electron chi connectivity index (χ0n) is 16.2. The highest BCUT2D eigenvalue weighted by atomic mass is 79.9. The fourth-order valence-electron chi connectivity index (χ4n) is 2.88. The highest BCUT2D eigenvalue weighted by Gasteiger charge is 2.12. The molecular weight excluding hydrogens is 464 g/mol. The lowest BCUT2D eigenvalue weighted by Gasteiger charge is -2.10. The molecule has 3 aromatic carbocycles.